The van der Waals surface area contributed by atoms with Crippen molar-refractivity contribution in [1.29, 1.82) is 0 Å². The van der Waals surface area contributed by atoms with Crippen molar-refractivity contribution >= 4 is 27.6 Å². The molecule has 0 unspecified atom stereocenters. The molecule has 17 heavy (non-hydrogen) atoms. The Bertz CT molecular complexity index is 354. The van der Waals surface area contributed by atoms with Crippen LogP contribution < -0.4 is 10.2 Å². The van der Waals surface area contributed by atoms with Gasteiger partial charge in [-0.15, -0.1) is 0 Å². The second-order valence-corrected chi connectivity index (χ2v) is 5.29. The second-order valence-electron chi connectivity index (χ2n) is 4.49. The molecule has 1 heterocycles. The molecule has 0 atom stereocenters. The smallest absolute Gasteiger partial charge is 0.148 e. The van der Waals surface area contributed by atoms with Gasteiger partial charge in [0, 0.05) is 20.1 Å². The average Bonchev–Trinajstić information content (AvgIpc) is 2.29. The Kier molecular flexibility index (Phi) is 5.68. The summed E-state index contributed by atoms with van der Waals surface area (Å²) < 4.78 is 0.938. The molecule has 1 N–H and O–H groups in total. The van der Waals surface area contributed by atoms with E-state index in [0.29, 0.717) is 5.92 Å². The summed E-state index contributed by atoms with van der Waals surface area (Å²) in [7, 11) is 2.06. The molecule has 96 valence electrons. The Morgan fingerprint density at radius 1 is 1.41 bits per heavy atom. The van der Waals surface area contributed by atoms with Gasteiger partial charge in [0.2, 0.25) is 0 Å². The molecule has 0 bridgehead atoms. The summed E-state index contributed by atoms with van der Waals surface area (Å²) in [5, 5.41) is 3.21. The molecule has 5 heteroatoms. The van der Waals surface area contributed by atoms with E-state index in [0.717, 1.165) is 35.6 Å². The lowest BCUT2D eigenvalue weighted by molar-refractivity contribution is 0.583. The Balaban J connectivity index is 2.78. The predicted octanol–water partition coefficient (Wildman–Crippen LogP) is 3.15. The van der Waals surface area contributed by atoms with Crippen LogP contribution in [0.5, 0.6) is 0 Å². The zero-order chi connectivity index (χ0) is 12.8. The zero-order valence-corrected chi connectivity index (χ0v) is 12.6. The van der Waals surface area contributed by atoms with E-state index in [1.165, 1.54) is 0 Å². The first kappa shape index (κ1) is 14.2. The Morgan fingerprint density at radius 3 is 2.71 bits per heavy atom. The van der Waals surface area contributed by atoms with Crippen molar-refractivity contribution in [2.45, 2.75) is 27.2 Å². The number of hydrogen-bond acceptors (Lipinski definition) is 4. The van der Waals surface area contributed by atoms with Gasteiger partial charge in [-0.2, -0.15) is 0 Å². The monoisotopic (exact) mass is 300 g/mol. The Morgan fingerprint density at radius 2 is 2.12 bits per heavy atom. The summed E-state index contributed by atoms with van der Waals surface area (Å²) in [4.78, 5) is 10.7. The second kappa shape index (κ2) is 6.79. The van der Waals surface area contributed by atoms with E-state index in [1.54, 1.807) is 6.33 Å². The minimum Gasteiger partial charge on any atom is -0.369 e. The third-order valence-electron chi connectivity index (χ3n) is 2.52. The highest BCUT2D eigenvalue weighted by atomic mass is 79.9. The van der Waals surface area contributed by atoms with E-state index in [9.17, 15) is 0 Å². The molecule has 0 saturated carbocycles. The maximum absolute atomic E-state index is 4.33. The molecule has 0 radical (unpaired) electrons. The third-order valence-corrected chi connectivity index (χ3v) is 3.25. The zero-order valence-electron chi connectivity index (χ0n) is 11.0. The molecule has 0 aromatic carbocycles. The lowest BCUT2D eigenvalue weighted by atomic mass is 10.1. The van der Waals surface area contributed by atoms with Crippen molar-refractivity contribution in [3.63, 3.8) is 0 Å². The standard InChI is InChI=1S/C12H21BrN4/c1-5-14-11-10(13)12(16-8-15-11)17(4)7-6-9(2)3/h8-9H,5-7H2,1-4H3,(H,14,15,16). The highest BCUT2D eigenvalue weighted by Gasteiger charge is 2.12. The summed E-state index contributed by atoms with van der Waals surface area (Å²) in [6, 6.07) is 0. The van der Waals surface area contributed by atoms with Gasteiger partial charge >= 0.3 is 0 Å². The molecule has 1 aromatic rings. The molecule has 0 saturated heterocycles. The lowest BCUT2D eigenvalue weighted by Crippen LogP contribution is -2.22. The minimum atomic E-state index is 0.700. The van der Waals surface area contributed by atoms with Crippen LogP contribution in [-0.2, 0) is 0 Å². The fourth-order valence-electron chi connectivity index (χ4n) is 1.48. The first-order valence-electron chi connectivity index (χ1n) is 6.01. The number of aromatic nitrogens is 2. The van der Waals surface area contributed by atoms with Crippen molar-refractivity contribution in [1.82, 2.24) is 9.97 Å². The summed E-state index contributed by atoms with van der Waals surface area (Å²) in [5.41, 5.74) is 0. The summed E-state index contributed by atoms with van der Waals surface area (Å²) in [6.45, 7) is 8.36. The van der Waals surface area contributed by atoms with E-state index in [-0.39, 0.29) is 0 Å². The molecule has 0 fully saturated rings. The van der Waals surface area contributed by atoms with Crippen LogP contribution >= 0.6 is 15.9 Å². The van der Waals surface area contributed by atoms with Gasteiger partial charge in [0.05, 0.1) is 0 Å². The molecule has 4 nitrogen and oxygen atoms in total. The van der Waals surface area contributed by atoms with Crippen molar-refractivity contribution in [2.24, 2.45) is 5.92 Å². The number of nitrogens with zero attached hydrogens (tertiary/aromatic N) is 3. The fraction of sp³-hybridized carbons (Fsp3) is 0.667. The highest BCUT2D eigenvalue weighted by molar-refractivity contribution is 9.10. The van der Waals surface area contributed by atoms with Gasteiger partial charge in [-0.1, -0.05) is 13.8 Å². The Hall–Kier alpha value is -0.840. The van der Waals surface area contributed by atoms with E-state index in [1.807, 2.05) is 0 Å². The maximum Gasteiger partial charge on any atom is 0.148 e. The molecule has 0 aliphatic rings. The Labute approximate surface area is 112 Å². The maximum atomic E-state index is 4.33. The van der Waals surface area contributed by atoms with Crippen molar-refractivity contribution in [3.8, 4) is 0 Å². The van der Waals surface area contributed by atoms with Crippen LogP contribution in [0, 0.1) is 5.92 Å². The van der Waals surface area contributed by atoms with Gasteiger partial charge in [0.15, 0.2) is 0 Å². The van der Waals surface area contributed by atoms with Crippen LogP contribution in [0.2, 0.25) is 0 Å². The first-order chi connectivity index (χ1) is 8.06. The lowest BCUT2D eigenvalue weighted by Gasteiger charge is -2.21. The van der Waals surface area contributed by atoms with Crippen LogP contribution in [0.3, 0.4) is 0 Å². The van der Waals surface area contributed by atoms with E-state index < -0.39 is 0 Å². The van der Waals surface area contributed by atoms with Gasteiger partial charge in [-0.25, -0.2) is 9.97 Å². The number of anilines is 2. The number of rotatable bonds is 6. The number of nitrogens with one attached hydrogen (secondary N) is 1. The third kappa shape index (κ3) is 4.15. The highest BCUT2D eigenvalue weighted by Crippen LogP contribution is 2.28. The van der Waals surface area contributed by atoms with Crippen molar-refractivity contribution < 1.29 is 0 Å². The molecular formula is C12H21BrN4. The molecule has 0 spiro atoms. The molecule has 1 rings (SSSR count). The summed E-state index contributed by atoms with van der Waals surface area (Å²) >= 11 is 3.56. The summed E-state index contributed by atoms with van der Waals surface area (Å²) in [5.74, 6) is 2.50. The van der Waals surface area contributed by atoms with Gasteiger partial charge in [-0.3, -0.25) is 0 Å². The first-order valence-corrected chi connectivity index (χ1v) is 6.81. The number of hydrogen-bond donors (Lipinski definition) is 1. The van der Waals surface area contributed by atoms with Crippen LogP contribution in [-0.4, -0.2) is 30.1 Å². The van der Waals surface area contributed by atoms with Crippen molar-refractivity contribution in [3.05, 3.63) is 10.8 Å². The largest absolute Gasteiger partial charge is 0.369 e. The molecule has 0 aliphatic heterocycles. The van der Waals surface area contributed by atoms with Crippen LogP contribution in [0.25, 0.3) is 0 Å². The normalized spacial score (nSPS) is 10.7. The van der Waals surface area contributed by atoms with E-state index in [2.05, 4.69) is 63.9 Å². The predicted molar refractivity (Wildman–Crippen MR) is 76.6 cm³/mol. The minimum absolute atomic E-state index is 0.700. The van der Waals surface area contributed by atoms with Gasteiger partial charge in [0.25, 0.3) is 0 Å². The number of halogens is 1. The topological polar surface area (TPSA) is 41.1 Å². The molecule has 0 aliphatic carbocycles. The van der Waals surface area contributed by atoms with Gasteiger partial charge in [0.1, 0.15) is 22.4 Å². The van der Waals surface area contributed by atoms with Crippen LogP contribution in [0.4, 0.5) is 11.6 Å². The quantitative estimate of drug-likeness (QED) is 0.876. The average molecular weight is 301 g/mol. The van der Waals surface area contributed by atoms with Crippen LogP contribution in [0.15, 0.2) is 10.8 Å². The van der Waals surface area contributed by atoms with E-state index in [4.69, 9.17) is 0 Å². The van der Waals surface area contributed by atoms with Crippen molar-refractivity contribution in [2.75, 3.05) is 30.4 Å². The SMILES string of the molecule is CCNc1ncnc(N(C)CCC(C)C)c1Br. The molecule has 0 amide bonds. The summed E-state index contributed by atoms with van der Waals surface area (Å²) in [6.07, 6.45) is 2.76. The molecule has 1 aromatic heterocycles. The fourth-order valence-corrected chi connectivity index (χ4v) is 2.12. The van der Waals surface area contributed by atoms with Crippen LogP contribution in [0.1, 0.15) is 27.2 Å². The van der Waals surface area contributed by atoms with Gasteiger partial charge in [-0.05, 0) is 35.2 Å². The molecular weight excluding hydrogens is 280 g/mol. The van der Waals surface area contributed by atoms with Gasteiger partial charge < -0.3 is 10.2 Å². The van der Waals surface area contributed by atoms with E-state index >= 15 is 0 Å².